The summed E-state index contributed by atoms with van der Waals surface area (Å²) in [5.74, 6) is -2.42. The van der Waals surface area contributed by atoms with Crippen LogP contribution in [0.5, 0.6) is 0 Å². The Labute approximate surface area is 250 Å². The molecule has 9 heteroatoms. The third kappa shape index (κ3) is 6.81. The number of carbonyl (C=O) groups is 2. The summed E-state index contributed by atoms with van der Waals surface area (Å²) in [6, 6.07) is 2.94. The van der Waals surface area contributed by atoms with E-state index in [1.54, 1.807) is 4.90 Å². The van der Waals surface area contributed by atoms with Gasteiger partial charge in [0.2, 0.25) is 11.8 Å². The summed E-state index contributed by atoms with van der Waals surface area (Å²) in [7, 11) is 0. The smallest absolute Gasteiger partial charge is 0.228 e. The molecule has 1 N–H and O–H groups in total. The maximum absolute atomic E-state index is 15.1. The van der Waals surface area contributed by atoms with Gasteiger partial charge >= 0.3 is 0 Å². The van der Waals surface area contributed by atoms with Crippen LogP contribution in [0.3, 0.4) is 0 Å². The molecule has 3 aliphatic rings. The second kappa shape index (κ2) is 11.9. The minimum atomic E-state index is -0.652. The van der Waals surface area contributed by atoms with E-state index in [1.807, 2.05) is 25.7 Å². The SMILES string of the molecule is CC1(C)CCC(N(C(=O)C(C)(C)C)[C@H]2C[C@@H](/C=N/O)N(C(=O)C3CN(C(C)(C)C)C[C@@H]3c3ccc(F)cc3F)C2)CC1. The standard InChI is InChI=1S/C33H50F2N4O3/c1-31(2,3)30(41)39(22-11-13-33(7,8)14-12-22)24-16-23(17-36-42)38(18-24)29(40)27-20-37(32(4,5)6)19-26(27)25-10-9-21(34)15-28(25)35/h9-10,15,17,22-24,26-27,42H,11-14,16,18-20H2,1-8H3/b36-17+/t23-,24-,26+,27?/m0/s1. The number of likely N-dealkylation sites (tertiary alicyclic amines) is 2. The number of nitrogens with zero attached hydrogens (tertiary/aromatic N) is 4. The van der Waals surface area contributed by atoms with E-state index in [0.717, 1.165) is 31.7 Å². The summed E-state index contributed by atoms with van der Waals surface area (Å²) in [6.45, 7) is 17.7. The van der Waals surface area contributed by atoms with Crippen LogP contribution >= 0.6 is 0 Å². The normalized spacial score (nSPS) is 27.6. The second-order valence-corrected chi connectivity index (χ2v) is 15.5. The lowest BCUT2D eigenvalue weighted by Crippen LogP contribution is -2.54. The first-order chi connectivity index (χ1) is 19.4. The third-order valence-electron chi connectivity index (χ3n) is 9.76. The van der Waals surface area contributed by atoms with Crippen LogP contribution in [0, 0.1) is 28.4 Å². The molecule has 234 valence electrons. The molecule has 7 nitrogen and oxygen atoms in total. The molecule has 1 saturated carbocycles. The Balaban J connectivity index is 1.66. The highest BCUT2D eigenvalue weighted by Crippen LogP contribution is 2.42. The number of hydrogen-bond donors (Lipinski definition) is 1. The van der Waals surface area contributed by atoms with Crippen molar-refractivity contribution < 1.29 is 23.6 Å². The molecule has 0 radical (unpaired) electrons. The van der Waals surface area contributed by atoms with Crippen LogP contribution < -0.4 is 0 Å². The summed E-state index contributed by atoms with van der Waals surface area (Å²) in [6.07, 6.45) is 5.73. The Morgan fingerprint density at radius 2 is 1.67 bits per heavy atom. The zero-order valence-corrected chi connectivity index (χ0v) is 26.7. The predicted molar refractivity (Wildman–Crippen MR) is 160 cm³/mol. The van der Waals surface area contributed by atoms with Crippen LogP contribution in [0.15, 0.2) is 23.4 Å². The van der Waals surface area contributed by atoms with Crippen molar-refractivity contribution in [2.45, 2.75) is 117 Å². The average molecular weight is 589 g/mol. The Hall–Kier alpha value is -2.55. The fourth-order valence-corrected chi connectivity index (χ4v) is 7.13. The molecule has 3 fully saturated rings. The van der Waals surface area contributed by atoms with Crippen molar-refractivity contribution >= 4 is 18.0 Å². The molecule has 0 bridgehead atoms. The molecule has 2 aliphatic heterocycles. The highest BCUT2D eigenvalue weighted by molar-refractivity contribution is 5.86. The van der Waals surface area contributed by atoms with Crippen molar-refractivity contribution in [1.82, 2.24) is 14.7 Å². The second-order valence-electron chi connectivity index (χ2n) is 15.5. The Bertz CT molecular complexity index is 1180. The van der Waals surface area contributed by atoms with Gasteiger partial charge in [-0.05, 0) is 69.9 Å². The van der Waals surface area contributed by atoms with Crippen molar-refractivity contribution in [3.63, 3.8) is 0 Å². The molecule has 4 rings (SSSR count). The molecule has 0 aromatic heterocycles. The summed E-state index contributed by atoms with van der Waals surface area (Å²) >= 11 is 0. The van der Waals surface area contributed by atoms with Crippen molar-refractivity contribution in [2.75, 3.05) is 19.6 Å². The summed E-state index contributed by atoms with van der Waals surface area (Å²) in [4.78, 5) is 34.3. The maximum Gasteiger partial charge on any atom is 0.228 e. The first-order valence-electron chi connectivity index (χ1n) is 15.4. The minimum absolute atomic E-state index is 0.0669. The highest BCUT2D eigenvalue weighted by Gasteiger charge is 2.49. The van der Waals surface area contributed by atoms with Gasteiger partial charge in [-0.3, -0.25) is 14.5 Å². The molecule has 1 aromatic carbocycles. The van der Waals surface area contributed by atoms with Crippen LogP contribution in [-0.2, 0) is 9.59 Å². The van der Waals surface area contributed by atoms with Crippen molar-refractivity contribution in [3.05, 3.63) is 35.4 Å². The van der Waals surface area contributed by atoms with E-state index < -0.39 is 34.9 Å². The molecule has 2 saturated heterocycles. The zero-order valence-electron chi connectivity index (χ0n) is 26.7. The molecule has 1 unspecified atom stereocenters. The molecule has 2 amide bonds. The van der Waals surface area contributed by atoms with Gasteiger partial charge in [0.05, 0.1) is 24.2 Å². The van der Waals surface area contributed by atoms with E-state index in [0.29, 0.717) is 31.6 Å². The molecule has 2 heterocycles. The summed E-state index contributed by atoms with van der Waals surface area (Å²) < 4.78 is 28.9. The Morgan fingerprint density at radius 3 is 2.21 bits per heavy atom. The third-order valence-corrected chi connectivity index (χ3v) is 9.76. The monoisotopic (exact) mass is 588 g/mol. The molecule has 1 aliphatic carbocycles. The van der Waals surface area contributed by atoms with E-state index in [4.69, 9.17) is 0 Å². The molecule has 42 heavy (non-hydrogen) atoms. The Morgan fingerprint density at radius 1 is 1.02 bits per heavy atom. The van der Waals surface area contributed by atoms with Crippen LogP contribution in [0.1, 0.15) is 99.0 Å². The van der Waals surface area contributed by atoms with E-state index in [9.17, 15) is 19.2 Å². The number of amides is 2. The van der Waals surface area contributed by atoms with Gasteiger partial charge in [0.15, 0.2) is 0 Å². The van der Waals surface area contributed by atoms with Crippen LogP contribution in [0.25, 0.3) is 0 Å². The van der Waals surface area contributed by atoms with Crippen molar-refractivity contribution in [3.8, 4) is 0 Å². The maximum atomic E-state index is 15.1. The largest absolute Gasteiger partial charge is 0.411 e. The van der Waals surface area contributed by atoms with Crippen molar-refractivity contribution in [2.24, 2.45) is 21.9 Å². The molecule has 0 spiro atoms. The van der Waals surface area contributed by atoms with Crippen LogP contribution in [0.4, 0.5) is 8.78 Å². The molecule has 4 atom stereocenters. The summed E-state index contributed by atoms with van der Waals surface area (Å²) in [5.41, 5.74) is -0.273. The lowest BCUT2D eigenvalue weighted by molar-refractivity contribution is -0.147. The first kappa shape index (κ1) is 32.4. The van der Waals surface area contributed by atoms with Gasteiger partial charge in [-0.15, -0.1) is 0 Å². The topological polar surface area (TPSA) is 76.5 Å². The lowest BCUT2D eigenvalue weighted by Gasteiger charge is -2.45. The van der Waals surface area contributed by atoms with E-state index >= 15 is 4.39 Å². The van der Waals surface area contributed by atoms with E-state index in [2.05, 4.69) is 44.7 Å². The van der Waals surface area contributed by atoms with Crippen LogP contribution in [-0.4, -0.2) is 81.2 Å². The number of benzene rings is 1. The minimum Gasteiger partial charge on any atom is -0.411 e. The van der Waals surface area contributed by atoms with Gasteiger partial charge in [-0.2, -0.15) is 0 Å². The molecule has 1 aromatic rings. The number of halogens is 2. The summed E-state index contributed by atoms with van der Waals surface area (Å²) in [5, 5.41) is 12.9. The molecular weight excluding hydrogens is 538 g/mol. The fourth-order valence-electron chi connectivity index (χ4n) is 7.13. The van der Waals surface area contributed by atoms with E-state index in [-0.39, 0.29) is 34.9 Å². The number of oxime groups is 1. The van der Waals surface area contributed by atoms with Crippen molar-refractivity contribution in [1.29, 1.82) is 0 Å². The highest BCUT2D eigenvalue weighted by atomic mass is 19.1. The van der Waals surface area contributed by atoms with Crippen LogP contribution in [0.2, 0.25) is 0 Å². The average Bonchev–Trinajstić information content (AvgIpc) is 3.50. The van der Waals surface area contributed by atoms with E-state index in [1.165, 1.54) is 18.3 Å². The quantitative estimate of drug-likeness (QED) is 0.258. The van der Waals surface area contributed by atoms with Gasteiger partial charge in [0.1, 0.15) is 11.6 Å². The predicted octanol–water partition coefficient (Wildman–Crippen LogP) is 6.05. The van der Waals surface area contributed by atoms with Gasteiger partial charge in [-0.25, -0.2) is 8.78 Å². The van der Waals surface area contributed by atoms with Gasteiger partial charge < -0.3 is 15.0 Å². The lowest BCUT2D eigenvalue weighted by atomic mass is 9.74. The fraction of sp³-hybridized carbons (Fsp3) is 0.727. The number of carbonyl (C=O) groups excluding carboxylic acids is 2. The molecular formula is C33H50F2N4O3. The van der Waals surface area contributed by atoms with Gasteiger partial charge in [0, 0.05) is 48.6 Å². The first-order valence-corrected chi connectivity index (χ1v) is 15.4. The number of hydrogen-bond acceptors (Lipinski definition) is 5. The zero-order chi connectivity index (χ0) is 31.2. The number of rotatable bonds is 5. The van der Waals surface area contributed by atoms with Gasteiger partial charge in [-0.1, -0.05) is 45.8 Å². The Kier molecular flexibility index (Phi) is 9.13. The van der Waals surface area contributed by atoms with Gasteiger partial charge in [0.25, 0.3) is 0 Å².